The first-order chi connectivity index (χ1) is 21.2. The van der Waals surface area contributed by atoms with Gasteiger partial charge in [0.05, 0.1) is 44.2 Å². The zero-order valence-corrected chi connectivity index (χ0v) is 25.8. The summed E-state index contributed by atoms with van der Waals surface area (Å²) in [6.45, 7) is 14.1. The minimum absolute atomic E-state index is 0.0384. The molecule has 2 aromatic carbocycles. The molecule has 2 aromatic heterocycles. The van der Waals surface area contributed by atoms with Crippen molar-refractivity contribution < 1.29 is 28.1 Å². The second-order valence-electron chi connectivity index (χ2n) is 10.3. The molecular formula is C32H31N5O6S. The van der Waals surface area contributed by atoms with Crippen LogP contribution in [-0.4, -0.2) is 49.3 Å². The Hall–Kier alpha value is -4.75. The van der Waals surface area contributed by atoms with Crippen LogP contribution in [0.2, 0.25) is 0 Å². The topological polar surface area (TPSA) is 139 Å². The van der Waals surface area contributed by atoms with E-state index in [2.05, 4.69) is 15.9 Å². The van der Waals surface area contributed by atoms with Crippen molar-refractivity contribution in [3.05, 3.63) is 70.9 Å². The number of aromatic nitrogens is 2. The molecule has 11 nitrogen and oxygen atoms in total. The fourth-order valence-corrected chi connectivity index (χ4v) is 5.72. The van der Waals surface area contributed by atoms with Gasteiger partial charge in [-0.25, -0.2) is 14.8 Å². The molecule has 1 atom stereocenters. The molecule has 2 N–H and O–H groups in total. The number of hydrogen-bond acceptors (Lipinski definition) is 11. The lowest BCUT2D eigenvalue weighted by molar-refractivity contribution is -0.141. The van der Waals surface area contributed by atoms with Crippen LogP contribution in [0.25, 0.3) is 27.4 Å². The fourth-order valence-electron chi connectivity index (χ4n) is 4.72. The van der Waals surface area contributed by atoms with Gasteiger partial charge in [-0.05, 0) is 56.7 Å². The van der Waals surface area contributed by atoms with Crippen LogP contribution >= 0.6 is 11.8 Å². The number of pyridine rings is 1. The van der Waals surface area contributed by atoms with Crippen LogP contribution in [-0.2, 0) is 15.2 Å². The first-order valence-corrected chi connectivity index (χ1v) is 14.6. The van der Waals surface area contributed by atoms with E-state index in [1.54, 1.807) is 56.7 Å². The first kappa shape index (κ1) is 30.7. The summed E-state index contributed by atoms with van der Waals surface area (Å²) in [4.78, 5) is 12.7. The number of nitrogens with zero attached hydrogens (tertiary/aromatic N) is 4. The number of thioether (sulfide) groups is 1. The molecule has 0 aliphatic carbocycles. The quantitative estimate of drug-likeness (QED) is 0.154. The standard InChI is InChI=1S/C32H31N5O6S/c1-18-25(36-30(42-18)23-13-21(38-5)11-12-26(23)39-6)17-44-31-24(14-33)27(28(35-4)29(34)37-31)19-7-9-20(10-8-19)40-15-22-16-41-32(2,3)43-22/h7-13,22H,15-17H2,1-3,5-6H3,(H2,34,37)/t22-/m0/s1. The van der Waals surface area contributed by atoms with Gasteiger partial charge in [-0.3, -0.25) is 0 Å². The van der Waals surface area contributed by atoms with Gasteiger partial charge in [0.15, 0.2) is 5.79 Å². The van der Waals surface area contributed by atoms with E-state index in [1.165, 1.54) is 11.8 Å². The number of oxazole rings is 1. The van der Waals surface area contributed by atoms with Crippen molar-refractivity contribution in [2.24, 2.45) is 0 Å². The molecule has 1 aliphatic rings. The molecule has 1 saturated heterocycles. The van der Waals surface area contributed by atoms with E-state index in [0.717, 1.165) is 0 Å². The Labute approximate surface area is 259 Å². The number of nitriles is 1. The summed E-state index contributed by atoms with van der Waals surface area (Å²) in [6.07, 6.45) is -0.176. The Morgan fingerprint density at radius 1 is 1.14 bits per heavy atom. The van der Waals surface area contributed by atoms with Gasteiger partial charge in [0.1, 0.15) is 52.6 Å². The Balaban J connectivity index is 1.39. The summed E-state index contributed by atoms with van der Waals surface area (Å²) >= 11 is 1.29. The van der Waals surface area contributed by atoms with E-state index in [-0.39, 0.29) is 23.2 Å². The molecule has 5 rings (SSSR count). The predicted octanol–water partition coefficient (Wildman–Crippen LogP) is 6.56. The van der Waals surface area contributed by atoms with Gasteiger partial charge in [-0.15, -0.1) is 0 Å². The van der Waals surface area contributed by atoms with Crippen LogP contribution in [0.4, 0.5) is 11.5 Å². The second-order valence-corrected chi connectivity index (χ2v) is 11.3. The van der Waals surface area contributed by atoms with Crippen molar-refractivity contribution in [1.29, 1.82) is 5.26 Å². The molecule has 3 heterocycles. The molecule has 0 radical (unpaired) electrons. The number of rotatable bonds is 10. The zero-order valence-electron chi connectivity index (χ0n) is 25.0. The number of anilines is 1. The summed E-state index contributed by atoms with van der Waals surface area (Å²) in [5, 5.41) is 10.6. The van der Waals surface area contributed by atoms with Gasteiger partial charge in [0, 0.05) is 11.3 Å². The van der Waals surface area contributed by atoms with Gasteiger partial charge in [-0.2, -0.15) is 5.26 Å². The SMILES string of the molecule is [C-]#[N+]c1c(N)nc(SCc2nc(-c3cc(OC)ccc3OC)oc2C)c(C#N)c1-c1ccc(OC[C@H]2COC(C)(C)O2)cc1. The monoisotopic (exact) mass is 613 g/mol. The molecule has 1 fully saturated rings. The number of nitrogens with two attached hydrogens (primary N) is 1. The summed E-state index contributed by atoms with van der Waals surface area (Å²) in [5.74, 6) is 2.59. The summed E-state index contributed by atoms with van der Waals surface area (Å²) < 4.78 is 34.1. The third kappa shape index (κ3) is 6.43. The summed E-state index contributed by atoms with van der Waals surface area (Å²) in [5.41, 5.74) is 8.97. The van der Waals surface area contributed by atoms with Gasteiger partial charge >= 0.3 is 0 Å². The Morgan fingerprint density at radius 3 is 2.52 bits per heavy atom. The van der Waals surface area contributed by atoms with Crippen molar-refractivity contribution >= 4 is 23.3 Å². The van der Waals surface area contributed by atoms with Crippen molar-refractivity contribution in [3.63, 3.8) is 0 Å². The first-order valence-electron chi connectivity index (χ1n) is 13.6. The van der Waals surface area contributed by atoms with Crippen LogP contribution in [0, 0.1) is 24.8 Å². The van der Waals surface area contributed by atoms with Gasteiger partial charge in [-0.1, -0.05) is 23.9 Å². The number of ether oxygens (including phenoxy) is 5. The lowest BCUT2D eigenvalue weighted by Crippen LogP contribution is -2.25. The zero-order chi connectivity index (χ0) is 31.4. The molecule has 0 unspecified atom stereocenters. The summed E-state index contributed by atoms with van der Waals surface area (Å²) in [7, 11) is 3.16. The molecular weight excluding hydrogens is 582 g/mol. The van der Waals surface area contributed by atoms with E-state index in [1.807, 2.05) is 20.8 Å². The lowest BCUT2D eigenvalue weighted by atomic mass is 10.00. The fraction of sp³-hybridized carbons (Fsp3) is 0.312. The molecule has 0 spiro atoms. The Morgan fingerprint density at radius 2 is 1.89 bits per heavy atom. The van der Waals surface area contributed by atoms with Crippen molar-refractivity contribution in [2.75, 3.05) is 33.2 Å². The van der Waals surface area contributed by atoms with E-state index in [4.69, 9.17) is 45.4 Å². The van der Waals surface area contributed by atoms with Gasteiger partial charge < -0.3 is 33.8 Å². The third-order valence-corrected chi connectivity index (χ3v) is 7.90. The second kappa shape index (κ2) is 12.9. The average Bonchev–Trinajstić information content (AvgIpc) is 3.58. The highest BCUT2D eigenvalue weighted by Gasteiger charge is 2.33. The van der Waals surface area contributed by atoms with E-state index >= 15 is 0 Å². The number of benzene rings is 2. The van der Waals surface area contributed by atoms with Crippen LogP contribution in [0.3, 0.4) is 0 Å². The molecule has 0 saturated carbocycles. The van der Waals surface area contributed by atoms with E-state index < -0.39 is 5.79 Å². The van der Waals surface area contributed by atoms with Crippen LogP contribution in [0.1, 0.15) is 30.9 Å². The number of hydrogen-bond donors (Lipinski definition) is 1. The highest BCUT2D eigenvalue weighted by Crippen LogP contribution is 2.42. The molecule has 44 heavy (non-hydrogen) atoms. The predicted molar refractivity (Wildman–Crippen MR) is 165 cm³/mol. The van der Waals surface area contributed by atoms with Crippen molar-refractivity contribution in [1.82, 2.24) is 9.97 Å². The molecule has 12 heteroatoms. The lowest BCUT2D eigenvalue weighted by Gasteiger charge is -2.17. The molecule has 1 aliphatic heterocycles. The maximum Gasteiger partial charge on any atom is 0.236 e. The Bertz CT molecular complexity index is 1760. The van der Waals surface area contributed by atoms with Crippen molar-refractivity contribution in [2.45, 2.75) is 43.4 Å². The van der Waals surface area contributed by atoms with Crippen LogP contribution in [0.5, 0.6) is 17.2 Å². The number of aryl methyl sites for hydroxylation is 1. The van der Waals surface area contributed by atoms with Crippen molar-refractivity contribution in [3.8, 4) is 45.9 Å². The highest BCUT2D eigenvalue weighted by molar-refractivity contribution is 7.98. The molecule has 0 bridgehead atoms. The van der Waals surface area contributed by atoms with Crippen LogP contribution in [0.15, 0.2) is 51.9 Å². The summed E-state index contributed by atoms with van der Waals surface area (Å²) in [6, 6.07) is 14.8. The third-order valence-electron chi connectivity index (χ3n) is 6.91. The van der Waals surface area contributed by atoms with E-state index in [9.17, 15) is 5.26 Å². The van der Waals surface area contributed by atoms with Crippen LogP contribution < -0.4 is 19.9 Å². The van der Waals surface area contributed by atoms with Gasteiger partial charge in [0.2, 0.25) is 11.6 Å². The normalized spacial score (nSPS) is 15.4. The van der Waals surface area contributed by atoms with Gasteiger partial charge in [0.25, 0.3) is 0 Å². The van der Waals surface area contributed by atoms with E-state index in [0.29, 0.717) is 75.3 Å². The molecule has 0 amide bonds. The Kier molecular flexibility index (Phi) is 8.97. The smallest absolute Gasteiger partial charge is 0.236 e. The number of nitrogen functional groups attached to an aromatic ring is 1. The maximum atomic E-state index is 10.2. The maximum absolute atomic E-state index is 10.2. The number of methoxy groups -OCH3 is 2. The minimum Gasteiger partial charge on any atom is -0.497 e. The molecule has 226 valence electrons. The molecule has 4 aromatic rings. The highest BCUT2D eigenvalue weighted by atomic mass is 32.2. The average molecular weight is 614 g/mol. The minimum atomic E-state index is -0.628. The largest absolute Gasteiger partial charge is 0.497 e.